The van der Waals surface area contributed by atoms with Crippen LogP contribution in [0.25, 0.3) is 0 Å². The molecule has 1 aromatic rings. The molecule has 1 saturated carbocycles. The quantitative estimate of drug-likeness (QED) is 0.829. The van der Waals surface area contributed by atoms with E-state index in [2.05, 4.69) is 4.98 Å². The van der Waals surface area contributed by atoms with Gasteiger partial charge < -0.3 is 10.5 Å². The first-order valence-corrected chi connectivity index (χ1v) is 5.90. The summed E-state index contributed by atoms with van der Waals surface area (Å²) in [6, 6.07) is 0. The number of nitrogens with zero attached hydrogens (tertiary/aromatic N) is 1. The Bertz CT molecular complexity index is 268. The van der Waals surface area contributed by atoms with E-state index in [0.29, 0.717) is 13.2 Å². The molecule has 1 fully saturated rings. The van der Waals surface area contributed by atoms with Crippen molar-refractivity contribution in [2.24, 2.45) is 5.73 Å². The number of ether oxygens (including phenoxy) is 1. The summed E-state index contributed by atoms with van der Waals surface area (Å²) in [5, 5.41) is 0. The monoisotopic (exact) mass is 212 g/mol. The molecule has 0 saturated heterocycles. The molecule has 78 valence electrons. The van der Waals surface area contributed by atoms with Crippen LogP contribution in [0.2, 0.25) is 0 Å². The van der Waals surface area contributed by atoms with Gasteiger partial charge in [0.1, 0.15) is 0 Å². The molecule has 0 bridgehead atoms. The Morgan fingerprint density at radius 1 is 1.50 bits per heavy atom. The molecule has 1 aliphatic rings. The van der Waals surface area contributed by atoms with E-state index in [-0.39, 0.29) is 5.54 Å². The molecule has 0 atom stereocenters. The van der Waals surface area contributed by atoms with Crippen molar-refractivity contribution in [3.05, 3.63) is 16.6 Å². The van der Waals surface area contributed by atoms with Crippen LogP contribution in [0.4, 0.5) is 0 Å². The molecule has 1 aromatic heterocycles. The van der Waals surface area contributed by atoms with Gasteiger partial charge in [-0.2, -0.15) is 0 Å². The van der Waals surface area contributed by atoms with E-state index in [4.69, 9.17) is 10.5 Å². The van der Waals surface area contributed by atoms with Gasteiger partial charge >= 0.3 is 0 Å². The summed E-state index contributed by atoms with van der Waals surface area (Å²) >= 11 is 1.63. The van der Waals surface area contributed by atoms with E-state index in [1.807, 2.05) is 11.7 Å². The number of hydrogen-bond acceptors (Lipinski definition) is 4. The first-order valence-electron chi connectivity index (χ1n) is 5.03. The molecule has 1 aliphatic carbocycles. The number of thiazole rings is 1. The van der Waals surface area contributed by atoms with Crippen molar-refractivity contribution in [2.45, 2.75) is 37.8 Å². The van der Waals surface area contributed by atoms with E-state index >= 15 is 0 Å². The lowest BCUT2D eigenvalue weighted by Gasteiger charge is -2.22. The molecular weight excluding hydrogens is 196 g/mol. The van der Waals surface area contributed by atoms with Gasteiger partial charge in [-0.25, -0.2) is 0 Å². The van der Waals surface area contributed by atoms with Crippen molar-refractivity contribution in [1.82, 2.24) is 4.98 Å². The maximum atomic E-state index is 6.16. The van der Waals surface area contributed by atoms with E-state index in [1.165, 1.54) is 17.7 Å². The minimum absolute atomic E-state index is 0.0509. The normalized spacial score (nSPS) is 20.1. The van der Waals surface area contributed by atoms with Gasteiger partial charge in [0.2, 0.25) is 0 Å². The Morgan fingerprint density at radius 3 is 2.93 bits per heavy atom. The van der Waals surface area contributed by atoms with Crippen LogP contribution in [-0.2, 0) is 11.3 Å². The topological polar surface area (TPSA) is 48.1 Å². The number of hydrogen-bond donors (Lipinski definition) is 1. The Labute approximate surface area is 88.3 Å². The highest BCUT2D eigenvalue weighted by atomic mass is 32.1. The first kappa shape index (κ1) is 10.1. The molecule has 0 radical (unpaired) electrons. The second kappa shape index (κ2) is 4.38. The smallest absolute Gasteiger partial charge is 0.0826 e. The van der Waals surface area contributed by atoms with Gasteiger partial charge in [0.25, 0.3) is 0 Å². The summed E-state index contributed by atoms with van der Waals surface area (Å²) in [5.74, 6) is 0. The fraction of sp³-hybridized carbons (Fsp3) is 0.700. The fourth-order valence-electron chi connectivity index (χ4n) is 1.89. The zero-order valence-corrected chi connectivity index (χ0v) is 9.05. The summed E-state index contributed by atoms with van der Waals surface area (Å²) in [6.07, 6.45) is 6.56. The van der Waals surface area contributed by atoms with Crippen LogP contribution in [0.15, 0.2) is 11.7 Å². The van der Waals surface area contributed by atoms with Crippen LogP contribution in [0.1, 0.15) is 30.6 Å². The van der Waals surface area contributed by atoms with Crippen LogP contribution >= 0.6 is 11.3 Å². The van der Waals surface area contributed by atoms with Gasteiger partial charge in [0, 0.05) is 11.7 Å². The molecule has 0 aliphatic heterocycles. The molecule has 0 unspecified atom stereocenters. The third-order valence-electron chi connectivity index (χ3n) is 2.72. The average Bonchev–Trinajstić information content (AvgIpc) is 2.77. The summed E-state index contributed by atoms with van der Waals surface area (Å²) < 4.78 is 5.61. The molecule has 2 N–H and O–H groups in total. The van der Waals surface area contributed by atoms with E-state index in [1.54, 1.807) is 11.3 Å². The Kier molecular flexibility index (Phi) is 3.15. The lowest BCUT2D eigenvalue weighted by atomic mass is 10.0. The third kappa shape index (κ3) is 2.53. The second-order valence-electron chi connectivity index (χ2n) is 4.03. The highest BCUT2D eigenvalue weighted by Crippen LogP contribution is 2.27. The van der Waals surface area contributed by atoms with Crippen molar-refractivity contribution in [1.29, 1.82) is 0 Å². The van der Waals surface area contributed by atoms with Crippen LogP contribution in [-0.4, -0.2) is 17.1 Å². The Morgan fingerprint density at radius 2 is 2.29 bits per heavy atom. The molecule has 3 nitrogen and oxygen atoms in total. The number of aromatic nitrogens is 1. The maximum absolute atomic E-state index is 6.16. The van der Waals surface area contributed by atoms with Crippen molar-refractivity contribution in [3.8, 4) is 0 Å². The summed E-state index contributed by atoms with van der Waals surface area (Å²) in [4.78, 5) is 5.17. The Balaban J connectivity index is 1.72. The highest BCUT2D eigenvalue weighted by Gasteiger charge is 2.29. The molecule has 1 heterocycles. The average molecular weight is 212 g/mol. The minimum atomic E-state index is -0.0509. The van der Waals surface area contributed by atoms with Crippen LogP contribution in [0.5, 0.6) is 0 Å². The van der Waals surface area contributed by atoms with E-state index < -0.39 is 0 Å². The van der Waals surface area contributed by atoms with Crippen molar-refractivity contribution in [3.63, 3.8) is 0 Å². The molecule has 14 heavy (non-hydrogen) atoms. The molecule has 0 spiro atoms. The van der Waals surface area contributed by atoms with Crippen molar-refractivity contribution in [2.75, 3.05) is 6.61 Å². The molecule has 2 rings (SSSR count). The lowest BCUT2D eigenvalue weighted by Crippen LogP contribution is -2.41. The lowest BCUT2D eigenvalue weighted by molar-refractivity contribution is 0.0766. The second-order valence-corrected chi connectivity index (χ2v) is 5.00. The molecule has 4 heteroatoms. The standard InChI is InChI=1S/C10H16N2OS/c11-10(3-1-2-4-10)7-13-6-9-5-12-8-14-9/h5,8H,1-4,6-7,11H2. The van der Waals surface area contributed by atoms with Crippen LogP contribution in [0.3, 0.4) is 0 Å². The van der Waals surface area contributed by atoms with Gasteiger partial charge in [-0.3, -0.25) is 4.98 Å². The van der Waals surface area contributed by atoms with Crippen molar-refractivity contribution < 1.29 is 4.74 Å². The van der Waals surface area contributed by atoms with Gasteiger partial charge in [-0.1, -0.05) is 12.8 Å². The first-order chi connectivity index (χ1) is 6.79. The summed E-state index contributed by atoms with van der Waals surface area (Å²) in [7, 11) is 0. The number of rotatable bonds is 4. The van der Waals surface area contributed by atoms with Gasteiger partial charge in [0.15, 0.2) is 0 Å². The van der Waals surface area contributed by atoms with E-state index in [9.17, 15) is 0 Å². The van der Waals surface area contributed by atoms with Gasteiger partial charge in [-0.15, -0.1) is 11.3 Å². The van der Waals surface area contributed by atoms with Crippen LogP contribution in [0, 0.1) is 0 Å². The molecule has 0 amide bonds. The van der Waals surface area contributed by atoms with Crippen LogP contribution < -0.4 is 5.73 Å². The minimum Gasteiger partial charge on any atom is -0.374 e. The third-order valence-corrected chi connectivity index (χ3v) is 3.47. The van der Waals surface area contributed by atoms with E-state index in [0.717, 1.165) is 12.8 Å². The van der Waals surface area contributed by atoms with Gasteiger partial charge in [-0.05, 0) is 12.8 Å². The zero-order valence-electron chi connectivity index (χ0n) is 8.24. The predicted octanol–water partition coefficient (Wildman–Crippen LogP) is 1.93. The fourth-order valence-corrected chi connectivity index (χ4v) is 2.42. The van der Waals surface area contributed by atoms with Gasteiger partial charge in [0.05, 0.1) is 23.6 Å². The summed E-state index contributed by atoms with van der Waals surface area (Å²) in [5.41, 5.74) is 7.94. The highest BCUT2D eigenvalue weighted by molar-refractivity contribution is 7.09. The SMILES string of the molecule is NC1(COCc2cncs2)CCCC1. The summed E-state index contributed by atoms with van der Waals surface area (Å²) in [6.45, 7) is 1.34. The molecular formula is C10H16N2OS. The predicted molar refractivity (Wildman–Crippen MR) is 57.2 cm³/mol. The molecule has 0 aromatic carbocycles. The largest absolute Gasteiger partial charge is 0.374 e. The van der Waals surface area contributed by atoms with Crippen molar-refractivity contribution >= 4 is 11.3 Å². The Hall–Kier alpha value is -0.450. The zero-order chi connectivity index (χ0) is 9.86. The maximum Gasteiger partial charge on any atom is 0.0826 e. The number of nitrogens with two attached hydrogens (primary N) is 1.